The lowest BCUT2D eigenvalue weighted by Gasteiger charge is -2.53. The van der Waals surface area contributed by atoms with Crippen molar-refractivity contribution in [3.05, 3.63) is 35.4 Å². The van der Waals surface area contributed by atoms with E-state index in [0.29, 0.717) is 38.5 Å². The van der Waals surface area contributed by atoms with Crippen LogP contribution in [0.2, 0.25) is 0 Å². The number of aliphatic hydroxyl groups is 1. The Kier molecular flexibility index (Phi) is 8.87. The van der Waals surface area contributed by atoms with Crippen molar-refractivity contribution in [2.45, 2.75) is 43.4 Å². The monoisotopic (exact) mass is 444 g/mol. The number of aliphatic hydroxyl groups excluding tert-OH is 1. The first-order valence-corrected chi connectivity index (χ1v) is 10.1. The van der Waals surface area contributed by atoms with Gasteiger partial charge in [0, 0.05) is 39.4 Å². The zero-order chi connectivity index (χ0) is 23.1. The number of amides is 1. The van der Waals surface area contributed by atoms with Crippen molar-refractivity contribution in [1.82, 2.24) is 10.2 Å². The van der Waals surface area contributed by atoms with Gasteiger partial charge < -0.3 is 29.9 Å². The molecule has 1 spiro atoms. The van der Waals surface area contributed by atoms with Crippen molar-refractivity contribution in [2.24, 2.45) is 0 Å². The molecule has 8 nitrogen and oxygen atoms in total. The van der Waals surface area contributed by atoms with Gasteiger partial charge in [0.25, 0.3) is 12.4 Å². The molecule has 2 saturated heterocycles. The van der Waals surface area contributed by atoms with Crippen molar-refractivity contribution in [1.29, 1.82) is 0 Å². The van der Waals surface area contributed by atoms with Crippen LogP contribution in [0.15, 0.2) is 18.2 Å². The summed E-state index contributed by atoms with van der Waals surface area (Å²) in [6.07, 6.45) is 0.728. The standard InChI is InChI=1S/C20H28F2N2O4.CH2O2/c1-19(23-17(25)15-4-3-14(21)13-16(15)22)7-11-28-20(18(19)26)5-8-24(9-6-20)10-12-27-2;2-1-3/h3-4,13,18,26H,5-12H2,1-2H3,(H,23,25);1H,(H,2,3)/t18-,19+;/m1./s1. The third kappa shape index (κ3) is 5.97. The summed E-state index contributed by atoms with van der Waals surface area (Å²) in [5, 5.41) is 20.8. The van der Waals surface area contributed by atoms with Crippen LogP contribution < -0.4 is 5.32 Å². The van der Waals surface area contributed by atoms with Crippen molar-refractivity contribution in [3.63, 3.8) is 0 Å². The number of carboxylic acid groups (broad SMARTS) is 1. The average molecular weight is 444 g/mol. The molecular formula is C21H30F2N2O6. The van der Waals surface area contributed by atoms with E-state index >= 15 is 0 Å². The van der Waals surface area contributed by atoms with Gasteiger partial charge in [0.1, 0.15) is 17.7 Å². The number of nitrogens with one attached hydrogen (secondary N) is 1. The van der Waals surface area contributed by atoms with Gasteiger partial charge in [-0.25, -0.2) is 8.78 Å². The number of halogens is 2. The Balaban J connectivity index is 0.00000107. The molecular weight excluding hydrogens is 414 g/mol. The van der Waals surface area contributed by atoms with Gasteiger partial charge in [-0.05, 0) is 38.3 Å². The summed E-state index contributed by atoms with van der Waals surface area (Å²) in [6.45, 7) is 4.87. The van der Waals surface area contributed by atoms with Crippen LogP contribution in [-0.4, -0.2) is 84.7 Å². The number of piperidine rings is 1. The molecule has 1 amide bonds. The van der Waals surface area contributed by atoms with Crippen molar-refractivity contribution >= 4 is 12.4 Å². The number of methoxy groups -OCH3 is 1. The summed E-state index contributed by atoms with van der Waals surface area (Å²) in [6, 6.07) is 2.83. The number of likely N-dealkylation sites (tertiary alicyclic amines) is 1. The zero-order valence-electron chi connectivity index (χ0n) is 17.8. The lowest BCUT2D eigenvalue weighted by atomic mass is 9.73. The Morgan fingerprint density at radius 1 is 1.35 bits per heavy atom. The average Bonchev–Trinajstić information content (AvgIpc) is 2.72. The molecule has 10 heteroatoms. The van der Waals surface area contributed by atoms with Crippen molar-refractivity contribution in [2.75, 3.05) is 40.0 Å². The third-order valence-corrected chi connectivity index (χ3v) is 6.00. The maximum absolute atomic E-state index is 14.0. The number of nitrogens with zero attached hydrogens (tertiary/aromatic N) is 1. The molecule has 31 heavy (non-hydrogen) atoms. The van der Waals surface area contributed by atoms with Gasteiger partial charge in [-0.2, -0.15) is 0 Å². The number of hydrogen-bond acceptors (Lipinski definition) is 6. The van der Waals surface area contributed by atoms with Gasteiger partial charge in [-0.3, -0.25) is 9.59 Å². The summed E-state index contributed by atoms with van der Waals surface area (Å²) in [7, 11) is 1.66. The fourth-order valence-electron chi connectivity index (χ4n) is 4.19. The van der Waals surface area contributed by atoms with E-state index < -0.39 is 34.8 Å². The SMILES string of the molecule is COCCN1CCC2(CC1)OCC[C@](C)(NC(=O)c1ccc(F)cc1F)[C@H]2O.O=CO. The Labute approximate surface area is 180 Å². The first-order chi connectivity index (χ1) is 14.7. The second kappa shape index (κ2) is 10.9. The van der Waals surface area contributed by atoms with E-state index in [0.717, 1.165) is 31.8 Å². The Hall–Kier alpha value is -2.14. The van der Waals surface area contributed by atoms with Gasteiger partial charge in [0.2, 0.25) is 0 Å². The molecule has 2 aliphatic rings. The van der Waals surface area contributed by atoms with Crippen LogP contribution >= 0.6 is 0 Å². The third-order valence-electron chi connectivity index (χ3n) is 6.00. The van der Waals surface area contributed by atoms with Gasteiger partial charge in [-0.15, -0.1) is 0 Å². The number of carbonyl (C=O) groups excluding carboxylic acids is 1. The molecule has 1 aromatic carbocycles. The molecule has 0 unspecified atom stereocenters. The maximum atomic E-state index is 14.0. The minimum Gasteiger partial charge on any atom is -0.483 e. The topological polar surface area (TPSA) is 108 Å². The molecule has 0 aliphatic carbocycles. The number of ether oxygens (including phenoxy) is 2. The van der Waals surface area contributed by atoms with Crippen LogP contribution in [0.1, 0.15) is 36.5 Å². The van der Waals surface area contributed by atoms with Crippen molar-refractivity contribution < 1.29 is 38.1 Å². The molecule has 0 radical (unpaired) electrons. The number of carbonyl (C=O) groups is 2. The quantitative estimate of drug-likeness (QED) is 0.590. The van der Waals surface area contributed by atoms with Gasteiger partial charge >= 0.3 is 0 Å². The second-order valence-electron chi connectivity index (χ2n) is 8.00. The summed E-state index contributed by atoms with van der Waals surface area (Å²) < 4.78 is 38.2. The number of hydrogen-bond donors (Lipinski definition) is 3. The van der Waals surface area contributed by atoms with Crippen LogP contribution in [0, 0.1) is 11.6 Å². The first-order valence-electron chi connectivity index (χ1n) is 10.1. The minimum absolute atomic E-state index is 0.246. The number of rotatable bonds is 5. The normalized spacial score (nSPS) is 25.4. The number of benzene rings is 1. The summed E-state index contributed by atoms with van der Waals surface area (Å²) >= 11 is 0. The van der Waals surface area contributed by atoms with Crippen LogP contribution in [0.5, 0.6) is 0 Å². The molecule has 0 aromatic heterocycles. The zero-order valence-corrected chi connectivity index (χ0v) is 17.8. The molecule has 2 aliphatic heterocycles. The predicted molar refractivity (Wildman–Crippen MR) is 108 cm³/mol. The highest BCUT2D eigenvalue weighted by molar-refractivity contribution is 5.95. The Morgan fingerprint density at radius 2 is 2.00 bits per heavy atom. The van der Waals surface area contributed by atoms with E-state index in [1.807, 2.05) is 0 Å². The molecule has 3 N–H and O–H groups in total. The molecule has 3 rings (SSSR count). The molecule has 174 valence electrons. The van der Waals surface area contributed by atoms with Gasteiger partial charge in [-0.1, -0.05) is 0 Å². The molecule has 1 aromatic rings. The van der Waals surface area contributed by atoms with Crippen LogP contribution in [-0.2, 0) is 14.3 Å². The molecule has 2 heterocycles. The van der Waals surface area contributed by atoms with E-state index in [2.05, 4.69) is 10.2 Å². The van der Waals surface area contributed by atoms with E-state index in [-0.39, 0.29) is 12.0 Å². The van der Waals surface area contributed by atoms with Crippen LogP contribution in [0.4, 0.5) is 8.78 Å². The van der Waals surface area contributed by atoms with Gasteiger partial charge in [0.05, 0.1) is 23.3 Å². The minimum atomic E-state index is -0.967. The Bertz CT molecular complexity index is 757. The molecule has 2 atom stereocenters. The summed E-state index contributed by atoms with van der Waals surface area (Å²) in [5.74, 6) is -2.34. The van der Waals surface area contributed by atoms with Gasteiger partial charge in [0.15, 0.2) is 0 Å². The largest absolute Gasteiger partial charge is 0.483 e. The lowest BCUT2D eigenvalue weighted by Crippen LogP contribution is -2.69. The van der Waals surface area contributed by atoms with Crippen LogP contribution in [0.3, 0.4) is 0 Å². The smallest absolute Gasteiger partial charge is 0.290 e. The second-order valence-corrected chi connectivity index (χ2v) is 8.00. The molecule has 0 bridgehead atoms. The molecule has 0 saturated carbocycles. The molecule has 2 fully saturated rings. The van der Waals surface area contributed by atoms with Crippen LogP contribution in [0.25, 0.3) is 0 Å². The maximum Gasteiger partial charge on any atom is 0.290 e. The summed E-state index contributed by atoms with van der Waals surface area (Å²) in [4.78, 5) is 23.2. The van der Waals surface area contributed by atoms with Crippen molar-refractivity contribution in [3.8, 4) is 0 Å². The van der Waals surface area contributed by atoms with E-state index in [1.165, 1.54) is 0 Å². The highest BCUT2D eigenvalue weighted by Crippen LogP contribution is 2.40. The lowest BCUT2D eigenvalue weighted by molar-refractivity contribution is -0.205. The highest BCUT2D eigenvalue weighted by atomic mass is 19.1. The van der Waals surface area contributed by atoms with E-state index in [9.17, 15) is 18.7 Å². The highest BCUT2D eigenvalue weighted by Gasteiger charge is 2.53. The fraction of sp³-hybridized carbons (Fsp3) is 0.619. The van der Waals surface area contributed by atoms with E-state index in [1.54, 1.807) is 14.0 Å². The predicted octanol–water partition coefficient (Wildman–Crippen LogP) is 1.42. The fourth-order valence-corrected chi connectivity index (χ4v) is 4.19. The first kappa shape index (κ1) is 25.1. The summed E-state index contributed by atoms with van der Waals surface area (Å²) in [5.41, 5.74) is -1.96. The van der Waals surface area contributed by atoms with E-state index in [4.69, 9.17) is 19.4 Å². The Morgan fingerprint density at radius 3 is 2.58 bits per heavy atom.